The van der Waals surface area contributed by atoms with Crippen LogP contribution in [0.1, 0.15) is 25.0 Å². The quantitative estimate of drug-likeness (QED) is 0.388. The third-order valence-electron chi connectivity index (χ3n) is 4.17. The van der Waals surface area contributed by atoms with Crippen LogP contribution < -0.4 is 15.4 Å². The zero-order valence-corrected chi connectivity index (χ0v) is 16.9. The maximum absolute atomic E-state index is 5.82. The number of methoxy groups -OCH3 is 1. The van der Waals surface area contributed by atoms with Crippen molar-refractivity contribution in [1.82, 2.24) is 30.4 Å². The van der Waals surface area contributed by atoms with Crippen molar-refractivity contribution in [3.05, 3.63) is 35.0 Å². The van der Waals surface area contributed by atoms with Crippen LogP contribution in [0.15, 0.2) is 23.3 Å². The Morgan fingerprint density at radius 1 is 1.43 bits per heavy atom. The summed E-state index contributed by atoms with van der Waals surface area (Å²) >= 11 is 5.82. The summed E-state index contributed by atoms with van der Waals surface area (Å²) in [6.07, 6.45) is 3.41. The molecule has 9 nitrogen and oxygen atoms in total. The summed E-state index contributed by atoms with van der Waals surface area (Å²) in [5.41, 5.74) is 0. The standard InChI is InChI=1S/C18H26ClN7O2/c1-3-20-18(21-8-9-28-17-7-4-13(19)10-22-17)23-14-5-6-16-24-15(12-27-2)25-26(16)11-14/h4,7,10,14H,3,5-6,8-9,11-12H2,1-2H3,(H2,20,21,23). The van der Waals surface area contributed by atoms with E-state index < -0.39 is 0 Å². The molecule has 0 radical (unpaired) electrons. The molecule has 0 bridgehead atoms. The number of aromatic nitrogens is 4. The van der Waals surface area contributed by atoms with E-state index in [0.717, 1.165) is 43.5 Å². The number of rotatable bonds is 8. The first-order chi connectivity index (χ1) is 13.7. The van der Waals surface area contributed by atoms with Crippen LogP contribution in [-0.4, -0.2) is 58.6 Å². The second-order valence-corrected chi connectivity index (χ2v) is 6.80. The minimum Gasteiger partial charge on any atom is -0.476 e. The van der Waals surface area contributed by atoms with Crippen LogP contribution in [0.2, 0.25) is 5.02 Å². The molecule has 0 spiro atoms. The first-order valence-electron chi connectivity index (χ1n) is 9.38. The van der Waals surface area contributed by atoms with E-state index in [1.807, 2.05) is 11.6 Å². The number of guanidine groups is 1. The van der Waals surface area contributed by atoms with Crippen LogP contribution in [0.5, 0.6) is 5.88 Å². The molecule has 1 unspecified atom stereocenters. The van der Waals surface area contributed by atoms with Crippen molar-refractivity contribution in [2.24, 2.45) is 4.99 Å². The molecule has 28 heavy (non-hydrogen) atoms. The molecule has 0 aliphatic carbocycles. The average molecular weight is 408 g/mol. The number of pyridine rings is 1. The maximum Gasteiger partial charge on any atom is 0.213 e. The van der Waals surface area contributed by atoms with E-state index in [1.54, 1.807) is 25.4 Å². The Bertz CT molecular complexity index is 779. The summed E-state index contributed by atoms with van der Waals surface area (Å²) in [5, 5.41) is 11.8. The van der Waals surface area contributed by atoms with Gasteiger partial charge in [0.25, 0.3) is 0 Å². The van der Waals surface area contributed by atoms with Crippen molar-refractivity contribution >= 4 is 17.6 Å². The summed E-state index contributed by atoms with van der Waals surface area (Å²) in [4.78, 5) is 13.2. The zero-order chi connectivity index (χ0) is 19.8. The van der Waals surface area contributed by atoms with E-state index in [9.17, 15) is 0 Å². The molecule has 10 heteroatoms. The smallest absolute Gasteiger partial charge is 0.213 e. The lowest BCUT2D eigenvalue weighted by Gasteiger charge is -2.25. The van der Waals surface area contributed by atoms with Crippen molar-refractivity contribution in [2.75, 3.05) is 26.8 Å². The summed E-state index contributed by atoms with van der Waals surface area (Å²) < 4.78 is 12.7. The van der Waals surface area contributed by atoms with E-state index >= 15 is 0 Å². The van der Waals surface area contributed by atoms with Gasteiger partial charge in [-0.3, -0.25) is 0 Å². The Balaban J connectivity index is 1.50. The summed E-state index contributed by atoms with van der Waals surface area (Å²) in [6.45, 7) is 4.96. The lowest BCUT2D eigenvalue weighted by atomic mass is 10.1. The van der Waals surface area contributed by atoms with E-state index in [4.69, 9.17) is 21.1 Å². The van der Waals surface area contributed by atoms with Gasteiger partial charge >= 0.3 is 0 Å². The van der Waals surface area contributed by atoms with Gasteiger partial charge < -0.3 is 20.1 Å². The fraction of sp³-hybridized carbons (Fsp3) is 0.556. The van der Waals surface area contributed by atoms with Gasteiger partial charge in [-0.1, -0.05) is 11.6 Å². The number of ether oxygens (including phenoxy) is 2. The lowest BCUT2D eigenvalue weighted by Crippen LogP contribution is -2.47. The normalized spacial score (nSPS) is 16.5. The van der Waals surface area contributed by atoms with Crippen LogP contribution in [0.25, 0.3) is 0 Å². The van der Waals surface area contributed by atoms with Crippen LogP contribution >= 0.6 is 11.6 Å². The summed E-state index contributed by atoms with van der Waals surface area (Å²) in [5.74, 6) is 3.04. The average Bonchev–Trinajstić information content (AvgIpc) is 3.08. The third-order valence-corrected chi connectivity index (χ3v) is 4.40. The lowest BCUT2D eigenvalue weighted by molar-refractivity contribution is 0.177. The van der Waals surface area contributed by atoms with Gasteiger partial charge in [0.15, 0.2) is 11.8 Å². The molecule has 0 fully saturated rings. The van der Waals surface area contributed by atoms with Gasteiger partial charge in [0.2, 0.25) is 5.88 Å². The SMILES string of the molecule is CCNC(=NCCOc1ccc(Cl)cn1)NC1CCc2nc(COC)nn2C1. The number of aliphatic imine (C=N–C) groups is 1. The molecule has 3 rings (SSSR count). The molecule has 2 N–H and O–H groups in total. The van der Waals surface area contributed by atoms with E-state index in [1.165, 1.54) is 0 Å². The number of hydrogen-bond acceptors (Lipinski definition) is 6. The fourth-order valence-corrected chi connectivity index (χ4v) is 3.05. The van der Waals surface area contributed by atoms with Crippen LogP contribution in [0, 0.1) is 0 Å². The van der Waals surface area contributed by atoms with E-state index in [0.29, 0.717) is 30.7 Å². The molecule has 0 saturated carbocycles. The predicted molar refractivity (Wildman–Crippen MR) is 107 cm³/mol. The largest absolute Gasteiger partial charge is 0.476 e. The van der Waals surface area contributed by atoms with Crippen LogP contribution in [0.3, 0.4) is 0 Å². The van der Waals surface area contributed by atoms with Gasteiger partial charge in [0.1, 0.15) is 19.0 Å². The summed E-state index contributed by atoms with van der Waals surface area (Å²) in [7, 11) is 1.65. The first kappa shape index (κ1) is 20.3. The molecule has 0 amide bonds. The van der Waals surface area contributed by atoms with Crippen molar-refractivity contribution in [2.45, 2.75) is 39.0 Å². The minimum atomic E-state index is 0.237. The highest BCUT2D eigenvalue weighted by molar-refractivity contribution is 6.30. The molecular formula is C18H26ClN7O2. The molecule has 1 aliphatic heterocycles. The molecule has 152 valence electrons. The number of halogens is 1. The topological polar surface area (TPSA) is 98.5 Å². The Labute approximate surface area is 169 Å². The van der Waals surface area contributed by atoms with Gasteiger partial charge in [0, 0.05) is 38.4 Å². The van der Waals surface area contributed by atoms with Crippen LogP contribution in [-0.2, 0) is 24.3 Å². The molecular weight excluding hydrogens is 382 g/mol. The zero-order valence-electron chi connectivity index (χ0n) is 16.2. The monoisotopic (exact) mass is 407 g/mol. The van der Waals surface area contributed by atoms with Gasteiger partial charge in [-0.2, -0.15) is 5.10 Å². The van der Waals surface area contributed by atoms with Crippen molar-refractivity contribution < 1.29 is 9.47 Å². The van der Waals surface area contributed by atoms with Crippen LogP contribution in [0.4, 0.5) is 0 Å². The number of aryl methyl sites for hydroxylation is 1. The molecule has 1 atom stereocenters. The van der Waals surface area contributed by atoms with Crippen molar-refractivity contribution in [3.8, 4) is 5.88 Å². The van der Waals surface area contributed by atoms with E-state index in [-0.39, 0.29) is 6.04 Å². The second kappa shape index (κ2) is 10.2. The second-order valence-electron chi connectivity index (χ2n) is 6.36. The predicted octanol–water partition coefficient (Wildman–Crippen LogP) is 1.42. The Kier molecular flexibility index (Phi) is 7.44. The molecule has 1 aliphatic rings. The van der Waals surface area contributed by atoms with Gasteiger partial charge in [-0.25, -0.2) is 19.6 Å². The fourth-order valence-electron chi connectivity index (χ4n) is 2.94. The Hall–Kier alpha value is -2.39. The highest BCUT2D eigenvalue weighted by Crippen LogP contribution is 2.14. The molecule has 0 saturated heterocycles. The number of nitrogens with one attached hydrogen (secondary N) is 2. The maximum atomic E-state index is 5.82. The molecule has 2 aromatic rings. The Morgan fingerprint density at radius 2 is 2.32 bits per heavy atom. The third kappa shape index (κ3) is 5.80. The van der Waals surface area contributed by atoms with Gasteiger partial charge in [-0.05, 0) is 19.4 Å². The molecule has 3 heterocycles. The van der Waals surface area contributed by atoms with E-state index in [2.05, 4.69) is 30.7 Å². The van der Waals surface area contributed by atoms with Crippen molar-refractivity contribution in [3.63, 3.8) is 0 Å². The molecule has 2 aromatic heterocycles. The minimum absolute atomic E-state index is 0.237. The first-order valence-corrected chi connectivity index (χ1v) is 9.76. The van der Waals surface area contributed by atoms with Gasteiger partial charge in [0.05, 0.1) is 18.1 Å². The molecule has 0 aromatic carbocycles. The highest BCUT2D eigenvalue weighted by Gasteiger charge is 2.22. The highest BCUT2D eigenvalue weighted by atomic mass is 35.5. The number of hydrogen-bond donors (Lipinski definition) is 2. The van der Waals surface area contributed by atoms with Crippen molar-refractivity contribution in [1.29, 1.82) is 0 Å². The van der Waals surface area contributed by atoms with Gasteiger partial charge in [-0.15, -0.1) is 0 Å². The summed E-state index contributed by atoms with van der Waals surface area (Å²) in [6, 6.07) is 3.73. The Morgan fingerprint density at radius 3 is 3.07 bits per heavy atom. The number of nitrogens with zero attached hydrogens (tertiary/aromatic N) is 5. The number of fused-ring (bicyclic) bond motifs is 1.